The Kier molecular flexibility index (Phi) is 9.07. The zero-order valence-corrected chi connectivity index (χ0v) is 17.5. The molecule has 1 fully saturated rings. The fourth-order valence-electron chi connectivity index (χ4n) is 2.37. The van der Waals surface area contributed by atoms with Crippen molar-refractivity contribution in [3.8, 4) is 5.75 Å². The Labute approximate surface area is 168 Å². The number of carbonyl (C=O) groups is 1. The fraction of sp³-hybridized carbons (Fsp3) is 0.619. The van der Waals surface area contributed by atoms with Gasteiger partial charge in [-0.05, 0) is 63.3 Å². The van der Waals surface area contributed by atoms with Crippen molar-refractivity contribution in [1.82, 2.24) is 10.2 Å². The number of likely N-dealkylation sites (N-methyl/N-ethyl adjacent to an activating group) is 1. The first kappa shape index (κ1) is 22.0. The third-order valence-electron chi connectivity index (χ3n) is 4.17. The molecule has 1 aromatic carbocycles. The molecule has 0 aliphatic heterocycles. The maximum atomic E-state index is 11.9. The van der Waals surface area contributed by atoms with Gasteiger partial charge in [0, 0.05) is 39.5 Å². The lowest BCUT2D eigenvalue weighted by molar-refractivity contribution is -0.127. The summed E-state index contributed by atoms with van der Waals surface area (Å²) in [6, 6.07) is 7.69. The van der Waals surface area contributed by atoms with E-state index in [4.69, 9.17) is 9.47 Å². The molecule has 1 saturated carbocycles. The number of hydrogen-bond donors (Lipinski definition) is 2. The van der Waals surface area contributed by atoms with Crippen molar-refractivity contribution in [3.63, 3.8) is 0 Å². The average Bonchev–Trinajstić information content (AvgIpc) is 3.47. The highest BCUT2D eigenvalue weighted by atomic mass is 16.5. The van der Waals surface area contributed by atoms with Gasteiger partial charge in [-0.15, -0.1) is 0 Å². The number of guanidine groups is 1. The molecule has 0 heterocycles. The number of hydrogen-bond acceptors (Lipinski definition) is 4. The molecule has 7 heteroatoms. The van der Waals surface area contributed by atoms with Crippen LogP contribution in [0.4, 0.5) is 5.69 Å². The SMILES string of the molecule is CC(C)Oc1ccc(NC(=NCC(=O)N(C)C)NCCCOCC2CC2)cc1. The normalized spacial score (nSPS) is 14.1. The van der Waals surface area contributed by atoms with Crippen molar-refractivity contribution >= 4 is 17.6 Å². The van der Waals surface area contributed by atoms with E-state index >= 15 is 0 Å². The van der Waals surface area contributed by atoms with Gasteiger partial charge in [-0.1, -0.05) is 0 Å². The summed E-state index contributed by atoms with van der Waals surface area (Å²) in [5, 5.41) is 6.51. The maximum Gasteiger partial charge on any atom is 0.243 e. The molecule has 1 aliphatic carbocycles. The van der Waals surface area contributed by atoms with Crippen LogP contribution in [-0.2, 0) is 9.53 Å². The number of anilines is 1. The van der Waals surface area contributed by atoms with Crippen molar-refractivity contribution in [2.45, 2.75) is 39.2 Å². The molecule has 0 radical (unpaired) electrons. The van der Waals surface area contributed by atoms with Crippen LogP contribution in [0.5, 0.6) is 5.75 Å². The van der Waals surface area contributed by atoms with E-state index in [0.29, 0.717) is 5.96 Å². The minimum Gasteiger partial charge on any atom is -0.491 e. The molecule has 0 aromatic heterocycles. The van der Waals surface area contributed by atoms with Crippen LogP contribution in [0.1, 0.15) is 33.1 Å². The van der Waals surface area contributed by atoms with Gasteiger partial charge < -0.3 is 25.0 Å². The minimum atomic E-state index is -0.0467. The third kappa shape index (κ3) is 9.08. The molecule has 0 spiro atoms. The number of carbonyl (C=O) groups excluding carboxylic acids is 1. The smallest absolute Gasteiger partial charge is 0.243 e. The summed E-state index contributed by atoms with van der Waals surface area (Å²) >= 11 is 0. The lowest BCUT2D eigenvalue weighted by Gasteiger charge is -2.15. The summed E-state index contributed by atoms with van der Waals surface area (Å²) in [6.45, 7) is 6.42. The standard InChI is InChI=1S/C21H34N4O3/c1-16(2)28-19-10-8-18(9-11-19)24-21(23-14-20(26)25(3)4)22-12-5-13-27-15-17-6-7-17/h8-11,16-17H,5-7,12-15H2,1-4H3,(H2,22,23,24). The first-order chi connectivity index (χ1) is 13.4. The highest BCUT2D eigenvalue weighted by molar-refractivity contribution is 5.95. The van der Waals surface area contributed by atoms with Gasteiger partial charge in [0.1, 0.15) is 12.3 Å². The Morgan fingerprint density at radius 2 is 1.96 bits per heavy atom. The maximum absolute atomic E-state index is 11.9. The molecular weight excluding hydrogens is 356 g/mol. The molecule has 28 heavy (non-hydrogen) atoms. The number of rotatable bonds is 11. The van der Waals surface area contributed by atoms with Gasteiger partial charge in [-0.25, -0.2) is 4.99 Å². The number of nitrogens with zero attached hydrogens (tertiary/aromatic N) is 2. The predicted octanol–water partition coefficient (Wildman–Crippen LogP) is 2.74. The van der Waals surface area contributed by atoms with E-state index in [2.05, 4.69) is 15.6 Å². The van der Waals surface area contributed by atoms with Crippen LogP contribution in [0.15, 0.2) is 29.3 Å². The van der Waals surface area contributed by atoms with E-state index in [1.54, 1.807) is 14.1 Å². The molecule has 1 aliphatic rings. The van der Waals surface area contributed by atoms with E-state index < -0.39 is 0 Å². The number of ether oxygens (including phenoxy) is 2. The molecule has 0 bridgehead atoms. The van der Waals surface area contributed by atoms with E-state index in [-0.39, 0.29) is 18.6 Å². The lowest BCUT2D eigenvalue weighted by Crippen LogP contribution is -2.34. The van der Waals surface area contributed by atoms with Crippen LogP contribution in [0.2, 0.25) is 0 Å². The summed E-state index contributed by atoms with van der Waals surface area (Å²) in [6.07, 6.45) is 3.63. The molecule has 0 unspecified atom stereocenters. The van der Waals surface area contributed by atoms with Gasteiger partial charge in [0.05, 0.1) is 6.10 Å². The molecule has 2 rings (SSSR count). The summed E-state index contributed by atoms with van der Waals surface area (Å²) in [5.74, 6) is 2.14. The van der Waals surface area contributed by atoms with Gasteiger partial charge in [0.2, 0.25) is 5.91 Å². The molecule has 1 amide bonds. The molecular formula is C21H34N4O3. The molecule has 1 aromatic rings. The number of aliphatic imine (C=N–C) groups is 1. The number of benzene rings is 1. The van der Waals surface area contributed by atoms with Gasteiger partial charge in [0.25, 0.3) is 0 Å². The Morgan fingerprint density at radius 1 is 1.25 bits per heavy atom. The zero-order chi connectivity index (χ0) is 20.4. The Hall–Kier alpha value is -2.28. The highest BCUT2D eigenvalue weighted by Gasteiger charge is 2.20. The quantitative estimate of drug-likeness (QED) is 0.345. The van der Waals surface area contributed by atoms with Crippen molar-refractivity contribution < 1.29 is 14.3 Å². The van der Waals surface area contributed by atoms with E-state index in [9.17, 15) is 4.79 Å². The van der Waals surface area contributed by atoms with Gasteiger partial charge in [-0.2, -0.15) is 0 Å². The number of nitrogens with one attached hydrogen (secondary N) is 2. The molecule has 2 N–H and O–H groups in total. The summed E-state index contributed by atoms with van der Waals surface area (Å²) in [7, 11) is 3.45. The molecule has 156 valence electrons. The topological polar surface area (TPSA) is 75.2 Å². The lowest BCUT2D eigenvalue weighted by atomic mass is 10.3. The van der Waals surface area contributed by atoms with Gasteiger partial charge in [-0.3, -0.25) is 4.79 Å². The average molecular weight is 391 g/mol. The Bertz CT molecular complexity index is 625. The van der Waals surface area contributed by atoms with Gasteiger partial charge in [0.15, 0.2) is 5.96 Å². The van der Waals surface area contributed by atoms with Crippen molar-refractivity contribution in [1.29, 1.82) is 0 Å². The van der Waals surface area contributed by atoms with Crippen LogP contribution in [0.25, 0.3) is 0 Å². The second-order valence-corrected chi connectivity index (χ2v) is 7.57. The summed E-state index contributed by atoms with van der Waals surface area (Å²) < 4.78 is 11.3. The second-order valence-electron chi connectivity index (χ2n) is 7.57. The van der Waals surface area contributed by atoms with E-state index in [1.165, 1.54) is 17.7 Å². The van der Waals surface area contributed by atoms with E-state index in [0.717, 1.165) is 43.5 Å². The number of amides is 1. The Balaban J connectivity index is 1.84. The van der Waals surface area contributed by atoms with Crippen molar-refractivity contribution in [2.24, 2.45) is 10.9 Å². The van der Waals surface area contributed by atoms with Crippen LogP contribution in [0.3, 0.4) is 0 Å². The summed E-state index contributed by atoms with van der Waals surface area (Å²) in [4.78, 5) is 17.8. The molecule has 7 nitrogen and oxygen atoms in total. The summed E-state index contributed by atoms with van der Waals surface area (Å²) in [5.41, 5.74) is 0.879. The Morgan fingerprint density at radius 3 is 2.57 bits per heavy atom. The van der Waals surface area contributed by atoms with Crippen LogP contribution in [-0.4, -0.2) is 63.3 Å². The van der Waals surface area contributed by atoms with Crippen LogP contribution < -0.4 is 15.4 Å². The van der Waals surface area contributed by atoms with Crippen molar-refractivity contribution in [3.05, 3.63) is 24.3 Å². The highest BCUT2D eigenvalue weighted by Crippen LogP contribution is 2.28. The monoisotopic (exact) mass is 390 g/mol. The molecule has 0 saturated heterocycles. The fourth-order valence-corrected chi connectivity index (χ4v) is 2.37. The minimum absolute atomic E-state index is 0.0467. The third-order valence-corrected chi connectivity index (χ3v) is 4.17. The van der Waals surface area contributed by atoms with Crippen LogP contribution in [0, 0.1) is 5.92 Å². The van der Waals surface area contributed by atoms with Gasteiger partial charge >= 0.3 is 0 Å². The van der Waals surface area contributed by atoms with Crippen LogP contribution >= 0.6 is 0 Å². The van der Waals surface area contributed by atoms with E-state index in [1.807, 2.05) is 38.1 Å². The second kappa shape index (κ2) is 11.5. The largest absolute Gasteiger partial charge is 0.491 e. The van der Waals surface area contributed by atoms with Crippen molar-refractivity contribution in [2.75, 3.05) is 45.7 Å². The zero-order valence-electron chi connectivity index (χ0n) is 17.5. The first-order valence-corrected chi connectivity index (χ1v) is 10.0. The molecule has 0 atom stereocenters. The first-order valence-electron chi connectivity index (χ1n) is 10.0. The predicted molar refractivity (Wildman–Crippen MR) is 113 cm³/mol.